The zero-order valence-corrected chi connectivity index (χ0v) is 16.6. The van der Waals surface area contributed by atoms with E-state index in [1.165, 1.54) is 0 Å². The lowest BCUT2D eigenvalue weighted by molar-refractivity contribution is -0.209. The van der Waals surface area contributed by atoms with Gasteiger partial charge in [0.25, 0.3) is 0 Å². The molecule has 1 aliphatic rings. The Hall–Kier alpha value is 0.360. The second-order valence-corrected chi connectivity index (χ2v) is 9.99. The van der Waals surface area contributed by atoms with Crippen LogP contribution in [0.5, 0.6) is 0 Å². The molecular weight excluding hydrogens is 484 g/mol. The number of hydrogen-bond acceptors (Lipinski definition) is 10. The van der Waals surface area contributed by atoms with Crippen LogP contribution >= 0.6 is 31.3 Å². The summed E-state index contributed by atoms with van der Waals surface area (Å²) >= 11 is 0. The van der Waals surface area contributed by atoms with Crippen LogP contribution in [-0.4, -0.2) is 86.0 Å². The summed E-state index contributed by atoms with van der Waals surface area (Å²) in [6, 6.07) is 0. The molecule has 22 heteroatoms. The van der Waals surface area contributed by atoms with Crippen molar-refractivity contribution >= 4 is 31.3 Å². The Bertz CT molecular complexity index is 664. The van der Waals surface area contributed by atoms with Crippen molar-refractivity contribution in [2.75, 3.05) is 0 Å². The molecule has 0 aromatic heterocycles. The summed E-state index contributed by atoms with van der Waals surface area (Å²) in [6.45, 7) is 0. The lowest BCUT2D eigenvalue weighted by Crippen LogP contribution is -2.65. The van der Waals surface area contributed by atoms with Gasteiger partial charge in [0.05, 0.1) is 0 Å². The van der Waals surface area contributed by atoms with Gasteiger partial charge >= 0.3 is 31.3 Å². The molecular formula is C6H16O18P4. The highest BCUT2D eigenvalue weighted by Gasteiger charge is 2.58. The molecule has 0 unspecified atom stereocenters. The van der Waals surface area contributed by atoms with Gasteiger partial charge in [-0.3, -0.25) is 18.1 Å². The first-order valence-electron chi connectivity index (χ1n) is 6.52. The maximum absolute atomic E-state index is 11.1. The number of phosphoric ester groups is 4. The summed E-state index contributed by atoms with van der Waals surface area (Å²) in [5.41, 5.74) is 0. The van der Waals surface area contributed by atoms with Gasteiger partial charge in [-0.05, 0) is 0 Å². The van der Waals surface area contributed by atoms with E-state index in [1.807, 2.05) is 0 Å². The molecule has 0 bridgehead atoms. The van der Waals surface area contributed by atoms with Crippen molar-refractivity contribution in [2.24, 2.45) is 0 Å². The second-order valence-electron chi connectivity index (χ2n) is 5.22. The topological polar surface area (TPSA) is 308 Å². The van der Waals surface area contributed by atoms with Crippen LogP contribution in [0.2, 0.25) is 0 Å². The zero-order valence-electron chi connectivity index (χ0n) is 13.0. The number of hydrogen-bond donors (Lipinski definition) is 10. The van der Waals surface area contributed by atoms with Crippen molar-refractivity contribution in [2.45, 2.75) is 36.6 Å². The maximum Gasteiger partial charge on any atom is 0.470 e. The van der Waals surface area contributed by atoms with Crippen molar-refractivity contribution in [3.8, 4) is 0 Å². The van der Waals surface area contributed by atoms with Gasteiger partial charge in [0.1, 0.15) is 36.6 Å². The van der Waals surface area contributed by atoms with Gasteiger partial charge in [-0.15, -0.1) is 0 Å². The molecule has 0 aliphatic heterocycles. The molecule has 1 fully saturated rings. The Morgan fingerprint density at radius 3 is 0.786 bits per heavy atom. The molecule has 0 spiro atoms. The molecule has 0 radical (unpaired) electrons. The number of aliphatic hydroxyl groups is 2. The molecule has 10 N–H and O–H groups in total. The van der Waals surface area contributed by atoms with Gasteiger partial charge in [0, 0.05) is 0 Å². The molecule has 1 saturated carbocycles. The van der Waals surface area contributed by atoms with E-state index >= 15 is 0 Å². The van der Waals surface area contributed by atoms with E-state index in [0.29, 0.717) is 0 Å². The molecule has 6 atom stereocenters. The molecule has 0 amide bonds. The predicted molar refractivity (Wildman–Crippen MR) is 79.7 cm³/mol. The highest BCUT2D eigenvalue weighted by Crippen LogP contribution is 2.52. The average Bonchev–Trinajstić information content (AvgIpc) is 2.39. The fourth-order valence-corrected chi connectivity index (χ4v) is 4.51. The summed E-state index contributed by atoms with van der Waals surface area (Å²) in [5, 5.41) is 19.8. The second kappa shape index (κ2) is 8.85. The summed E-state index contributed by atoms with van der Waals surface area (Å²) in [5.74, 6) is 0. The number of rotatable bonds is 8. The summed E-state index contributed by atoms with van der Waals surface area (Å²) < 4.78 is 60.6. The highest BCUT2D eigenvalue weighted by atomic mass is 31.2. The molecule has 0 saturated heterocycles. The Balaban J connectivity index is 3.53. The van der Waals surface area contributed by atoms with Crippen molar-refractivity contribution in [1.29, 1.82) is 0 Å². The standard InChI is InChI=1S/C6H16O18P4/c7-1-2(8)4(22-26(12,13)14)6(24-28(18,19)20)5(23-27(15,16)17)3(1)21-25(9,10)11/h1-8H,(H2,9,10,11)(H2,12,13,14)(H2,15,16,17)(H2,18,19,20)/t1-,2-,3+,4+,5-,6+/m1/s1. The Labute approximate surface area is 154 Å². The van der Waals surface area contributed by atoms with Crippen LogP contribution in [0.25, 0.3) is 0 Å². The fraction of sp³-hybridized carbons (Fsp3) is 1.00. The van der Waals surface area contributed by atoms with Crippen molar-refractivity contribution < 1.29 is 85.7 Å². The van der Waals surface area contributed by atoms with Crippen LogP contribution in [0, 0.1) is 0 Å². The fourth-order valence-electron chi connectivity index (χ4n) is 2.27. The summed E-state index contributed by atoms with van der Waals surface area (Å²) in [7, 11) is -22.5. The smallest absolute Gasteiger partial charge is 0.387 e. The van der Waals surface area contributed by atoms with Gasteiger partial charge < -0.3 is 49.4 Å². The van der Waals surface area contributed by atoms with Gasteiger partial charge in [-0.1, -0.05) is 0 Å². The molecule has 18 nitrogen and oxygen atoms in total. The first kappa shape index (κ1) is 26.4. The number of aliphatic hydroxyl groups excluding tert-OH is 2. The average molecular weight is 500 g/mol. The van der Waals surface area contributed by atoms with Crippen LogP contribution in [0.4, 0.5) is 0 Å². The van der Waals surface area contributed by atoms with Gasteiger partial charge in [-0.2, -0.15) is 0 Å². The minimum absolute atomic E-state index is 2.60. The van der Waals surface area contributed by atoms with Gasteiger partial charge in [0.2, 0.25) is 0 Å². The Kier molecular flexibility index (Phi) is 8.34. The van der Waals surface area contributed by atoms with Gasteiger partial charge in [-0.25, -0.2) is 18.3 Å². The molecule has 1 aliphatic carbocycles. The molecule has 28 heavy (non-hydrogen) atoms. The Morgan fingerprint density at radius 1 is 0.429 bits per heavy atom. The molecule has 0 aromatic carbocycles. The first-order chi connectivity index (χ1) is 12.2. The van der Waals surface area contributed by atoms with E-state index in [9.17, 15) is 28.5 Å². The maximum atomic E-state index is 11.1. The van der Waals surface area contributed by atoms with Crippen LogP contribution in [0.1, 0.15) is 0 Å². The summed E-state index contributed by atoms with van der Waals surface area (Å²) in [4.78, 5) is 71.1. The van der Waals surface area contributed by atoms with Crippen molar-refractivity contribution in [3.05, 3.63) is 0 Å². The van der Waals surface area contributed by atoms with E-state index in [2.05, 4.69) is 18.1 Å². The van der Waals surface area contributed by atoms with E-state index in [-0.39, 0.29) is 0 Å². The van der Waals surface area contributed by atoms with E-state index in [4.69, 9.17) is 39.1 Å². The Morgan fingerprint density at radius 2 is 0.607 bits per heavy atom. The van der Waals surface area contributed by atoms with Crippen LogP contribution < -0.4 is 0 Å². The predicted octanol–water partition coefficient (Wildman–Crippen LogP) is -3.37. The monoisotopic (exact) mass is 500 g/mol. The minimum atomic E-state index is -5.67. The minimum Gasteiger partial charge on any atom is -0.387 e. The third-order valence-corrected chi connectivity index (χ3v) is 5.10. The highest BCUT2D eigenvalue weighted by molar-refractivity contribution is 7.47. The van der Waals surface area contributed by atoms with Crippen LogP contribution in [0.3, 0.4) is 0 Å². The van der Waals surface area contributed by atoms with E-state index in [1.54, 1.807) is 0 Å². The van der Waals surface area contributed by atoms with Crippen molar-refractivity contribution in [3.63, 3.8) is 0 Å². The van der Waals surface area contributed by atoms with Crippen LogP contribution in [-0.2, 0) is 36.4 Å². The molecule has 1 rings (SSSR count). The number of phosphoric acid groups is 4. The zero-order chi connectivity index (χ0) is 22.3. The lowest BCUT2D eigenvalue weighted by atomic mass is 9.85. The van der Waals surface area contributed by atoms with Crippen LogP contribution in [0.15, 0.2) is 0 Å². The van der Waals surface area contributed by atoms with E-state index < -0.39 is 67.9 Å². The van der Waals surface area contributed by atoms with Gasteiger partial charge in [0.15, 0.2) is 0 Å². The normalized spacial score (nSPS) is 33.1. The summed E-state index contributed by atoms with van der Waals surface area (Å²) in [6.07, 6.45) is -15.9. The largest absolute Gasteiger partial charge is 0.470 e. The lowest BCUT2D eigenvalue weighted by Gasteiger charge is -2.45. The van der Waals surface area contributed by atoms with E-state index in [0.717, 1.165) is 0 Å². The third-order valence-electron chi connectivity index (χ3n) is 3.03. The molecule has 0 heterocycles. The first-order valence-corrected chi connectivity index (χ1v) is 12.6. The SMILES string of the molecule is O=P(O)(O)O[C@@H]1[C@H](OP(=O)(O)O)[C@@H](OP(=O)(O)O)[C@H](O)[C@@H](O)[C@@H]1OP(=O)(O)O. The quantitative estimate of drug-likeness (QED) is 0.145. The molecule has 0 aromatic rings. The third kappa shape index (κ3) is 8.62. The van der Waals surface area contributed by atoms with Crippen molar-refractivity contribution in [1.82, 2.24) is 0 Å². The molecule has 168 valence electrons.